The number of likely N-dealkylation sites (N-methyl/N-ethyl adjacent to an activating group) is 1. The Kier molecular flexibility index (Phi) is 7.50. The molecule has 1 aliphatic heterocycles. The van der Waals surface area contributed by atoms with Crippen molar-refractivity contribution in [3.63, 3.8) is 0 Å². The molecule has 166 valence electrons. The lowest BCUT2D eigenvalue weighted by Gasteiger charge is -2.42. The Bertz CT molecular complexity index is 876. The molecule has 2 fully saturated rings. The van der Waals surface area contributed by atoms with Gasteiger partial charge in [0.25, 0.3) is 0 Å². The third kappa shape index (κ3) is 5.78. The first-order valence-corrected chi connectivity index (χ1v) is 12.0. The maximum Gasteiger partial charge on any atom is 0.0940 e. The largest absolute Gasteiger partial charge is 0.385 e. The summed E-state index contributed by atoms with van der Waals surface area (Å²) >= 11 is 6.30. The van der Waals surface area contributed by atoms with Crippen molar-refractivity contribution >= 4 is 17.7 Å². The second kappa shape index (κ2) is 10.3. The molecule has 3 nitrogen and oxygen atoms in total. The van der Waals surface area contributed by atoms with E-state index >= 15 is 0 Å². The molecule has 1 N–H and O–H groups in total. The zero-order valence-corrected chi connectivity index (χ0v) is 19.4. The summed E-state index contributed by atoms with van der Waals surface area (Å²) < 4.78 is 0. The molecular formula is C27H35ClN2O. The van der Waals surface area contributed by atoms with E-state index in [1.807, 2.05) is 24.3 Å². The second-order valence-electron chi connectivity index (χ2n) is 9.36. The molecule has 2 aliphatic rings. The van der Waals surface area contributed by atoms with Crippen molar-refractivity contribution in [2.75, 3.05) is 39.8 Å². The molecule has 0 amide bonds. The fraction of sp³-hybridized carbons (Fsp3) is 0.481. The number of hydrogen-bond donors (Lipinski definition) is 1. The molecule has 0 aromatic heterocycles. The highest BCUT2D eigenvalue weighted by Gasteiger charge is 2.42. The van der Waals surface area contributed by atoms with E-state index < -0.39 is 5.60 Å². The summed E-state index contributed by atoms with van der Waals surface area (Å²) in [6.45, 7) is 5.32. The molecule has 1 saturated carbocycles. The molecule has 2 atom stereocenters. The van der Waals surface area contributed by atoms with Gasteiger partial charge in [-0.1, -0.05) is 66.6 Å². The first-order chi connectivity index (χ1) is 15.0. The third-order valence-electron chi connectivity index (χ3n) is 7.06. The molecule has 0 spiro atoms. The quantitative estimate of drug-likeness (QED) is 0.655. The number of rotatable bonds is 5. The van der Waals surface area contributed by atoms with E-state index in [1.165, 1.54) is 17.6 Å². The number of hydrogen-bond acceptors (Lipinski definition) is 3. The first-order valence-electron chi connectivity index (χ1n) is 11.7. The normalized spacial score (nSPS) is 27.3. The minimum Gasteiger partial charge on any atom is -0.385 e. The van der Waals surface area contributed by atoms with Crippen LogP contribution in [0.25, 0.3) is 6.08 Å². The average molecular weight is 439 g/mol. The summed E-state index contributed by atoms with van der Waals surface area (Å²) in [7, 11) is 2.19. The lowest BCUT2D eigenvalue weighted by atomic mass is 9.74. The third-order valence-corrected chi connectivity index (χ3v) is 7.29. The number of benzene rings is 2. The van der Waals surface area contributed by atoms with Crippen molar-refractivity contribution in [1.82, 2.24) is 9.80 Å². The first kappa shape index (κ1) is 22.5. The van der Waals surface area contributed by atoms with Gasteiger partial charge in [-0.15, -0.1) is 0 Å². The summed E-state index contributed by atoms with van der Waals surface area (Å²) in [5.41, 5.74) is 2.59. The van der Waals surface area contributed by atoms with Gasteiger partial charge in [0.15, 0.2) is 0 Å². The highest BCUT2D eigenvalue weighted by molar-refractivity contribution is 6.30. The van der Waals surface area contributed by atoms with Gasteiger partial charge in [-0.25, -0.2) is 0 Å². The molecular weight excluding hydrogens is 404 g/mol. The van der Waals surface area contributed by atoms with Crippen LogP contribution in [0.5, 0.6) is 0 Å². The van der Waals surface area contributed by atoms with Gasteiger partial charge < -0.3 is 14.9 Å². The molecule has 2 aromatic rings. The number of nitrogens with zero attached hydrogens (tertiary/aromatic N) is 2. The van der Waals surface area contributed by atoms with Crippen molar-refractivity contribution in [2.45, 2.75) is 37.7 Å². The molecule has 4 rings (SSSR count). The van der Waals surface area contributed by atoms with Crippen LogP contribution < -0.4 is 0 Å². The Balaban J connectivity index is 1.67. The van der Waals surface area contributed by atoms with Gasteiger partial charge in [-0.3, -0.25) is 0 Å². The van der Waals surface area contributed by atoms with Crippen molar-refractivity contribution in [3.8, 4) is 0 Å². The molecule has 2 aromatic carbocycles. The molecule has 0 radical (unpaired) electrons. The maximum absolute atomic E-state index is 12.4. The van der Waals surface area contributed by atoms with E-state index in [9.17, 15) is 5.11 Å². The SMILES string of the molecule is CN1CCN(CC2CCCCC(=Cc3ccccc3)C2(O)Cc2cccc(Cl)c2)CC1. The second-order valence-corrected chi connectivity index (χ2v) is 9.79. The fourth-order valence-corrected chi connectivity index (χ4v) is 5.38. The van der Waals surface area contributed by atoms with Crippen LogP contribution in [0, 0.1) is 5.92 Å². The Hall–Kier alpha value is -1.65. The summed E-state index contributed by atoms with van der Waals surface area (Å²) in [4.78, 5) is 4.95. The van der Waals surface area contributed by atoms with E-state index in [1.54, 1.807) is 0 Å². The molecule has 4 heteroatoms. The monoisotopic (exact) mass is 438 g/mol. The summed E-state index contributed by atoms with van der Waals surface area (Å²) in [5.74, 6) is 0.215. The molecule has 2 unspecified atom stereocenters. The van der Waals surface area contributed by atoms with Crippen LogP contribution in [-0.4, -0.2) is 60.3 Å². The van der Waals surface area contributed by atoms with Crippen LogP contribution in [0.4, 0.5) is 0 Å². The summed E-state index contributed by atoms with van der Waals surface area (Å²) in [5, 5.41) is 13.1. The zero-order valence-electron chi connectivity index (χ0n) is 18.6. The van der Waals surface area contributed by atoms with Crippen molar-refractivity contribution in [3.05, 3.63) is 76.3 Å². The molecule has 1 heterocycles. The minimum atomic E-state index is -0.861. The van der Waals surface area contributed by atoms with E-state index in [0.29, 0.717) is 6.42 Å². The Morgan fingerprint density at radius 1 is 1.03 bits per heavy atom. The molecule has 0 bridgehead atoms. The fourth-order valence-electron chi connectivity index (χ4n) is 5.17. The van der Waals surface area contributed by atoms with E-state index in [2.05, 4.69) is 53.3 Å². The average Bonchev–Trinajstić information content (AvgIpc) is 2.90. The van der Waals surface area contributed by atoms with Crippen LogP contribution >= 0.6 is 11.6 Å². The predicted molar refractivity (Wildman–Crippen MR) is 130 cm³/mol. The van der Waals surface area contributed by atoms with Crippen LogP contribution in [0.1, 0.15) is 36.8 Å². The van der Waals surface area contributed by atoms with Gasteiger partial charge in [0.1, 0.15) is 0 Å². The van der Waals surface area contributed by atoms with Gasteiger partial charge in [0.2, 0.25) is 0 Å². The summed E-state index contributed by atoms with van der Waals surface area (Å²) in [6.07, 6.45) is 7.18. The van der Waals surface area contributed by atoms with Crippen molar-refractivity contribution in [2.24, 2.45) is 5.92 Å². The van der Waals surface area contributed by atoms with Crippen LogP contribution in [0.2, 0.25) is 5.02 Å². The smallest absolute Gasteiger partial charge is 0.0940 e. The molecule has 1 aliphatic carbocycles. The number of piperazine rings is 1. The van der Waals surface area contributed by atoms with E-state index in [0.717, 1.165) is 62.6 Å². The van der Waals surface area contributed by atoms with Gasteiger partial charge in [-0.05, 0) is 55.1 Å². The Morgan fingerprint density at radius 2 is 1.81 bits per heavy atom. The van der Waals surface area contributed by atoms with Crippen LogP contribution in [-0.2, 0) is 6.42 Å². The molecule has 1 saturated heterocycles. The number of aliphatic hydroxyl groups is 1. The lowest BCUT2D eigenvalue weighted by molar-refractivity contribution is -0.00642. The number of halogens is 1. The minimum absolute atomic E-state index is 0.215. The van der Waals surface area contributed by atoms with Gasteiger partial charge in [-0.2, -0.15) is 0 Å². The van der Waals surface area contributed by atoms with E-state index in [-0.39, 0.29) is 5.92 Å². The van der Waals surface area contributed by atoms with Gasteiger partial charge in [0, 0.05) is 50.1 Å². The lowest BCUT2D eigenvalue weighted by Crippen LogP contribution is -2.51. The topological polar surface area (TPSA) is 26.7 Å². The Labute approximate surface area is 192 Å². The predicted octanol–water partition coefficient (Wildman–Crippen LogP) is 5.13. The Morgan fingerprint density at radius 3 is 2.55 bits per heavy atom. The zero-order chi connectivity index (χ0) is 21.7. The maximum atomic E-state index is 12.4. The summed E-state index contributed by atoms with van der Waals surface area (Å²) in [6, 6.07) is 18.5. The van der Waals surface area contributed by atoms with Crippen molar-refractivity contribution in [1.29, 1.82) is 0 Å². The highest BCUT2D eigenvalue weighted by atomic mass is 35.5. The van der Waals surface area contributed by atoms with Crippen LogP contribution in [0.15, 0.2) is 60.2 Å². The van der Waals surface area contributed by atoms with Gasteiger partial charge >= 0.3 is 0 Å². The molecule has 31 heavy (non-hydrogen) atoms. The van der Waals surface area contributed by atoms with E-state index in [4.69, 9.17) is 11.6 Å². The van der Waals surface area contributed by atoms with Crippen molar-refractivity contribution < 1.29 is 5.11 Å². The highest BCUT2D eigenvalue weighted by Crippen LogP contribution is 2.41. The van der Waals surface area contributed by atoms with Crippen LogP contribution in [0.3, 0.4) is 0 Å². The van der Waals surface area contributed by atoms with Gasteiger partial charge in [0.05, 0.1) is 5.60 Å². The standard InChI is InChI=1S/C27H35ClN2O/c1-29-14-16-30(17-15-29)21-25-12-6-5-11-24(18-22-8-3-2-4-9-22)27(25,31)20-23-10-7-13-26(28)19-23/h2-4,7-10,13,18-19,25,31H,5-6,11-12,14-17,20-21H2,1H3.